The van der Waals surface area contributed by atoms with Crippen molar-refractivity contribution in [3.8, 4) is 0 Å². The molecule has 0 aromatic heterocycles. The Bertz CT molecular complexity index is 87.5. The Labute approximate surface area is 59.6 Å². The second-order valence-corrected chi connectivity index (χ2v) is 1.09. The molecule has 0 amide bonds. The van der Waals surface area contributed by atoms with Gasteiger partial charge >= 0.3 is 30.8 Å². The molecular weight excluding hydrogens is 103 g/mol. The number of rotatable bonds is 0. The van der Waals surface area contributed by atoms with Gasteiger partial charge in [-0.15, -0.1) is 0 Å². The van der Waals surface area contributed by atoms with E-state index in [4.69, 9.17) is 0 Å². The van der Waals surface area contributed by atoms with E-state index in [1.807, 2.05) is 0 Å². The van der Waals surface area contributed by atoms with Crippen molar-refractivity contribution in [2.45, 2.75) is 13.8 Å². The van der Waals surface area contributed by atoms with Crippen LogP contribution in [0.1, 0.15) is 13.8 Å². The molecule has 0 aromatic rings. The Kier molecular flexibility index (Phi) is 6.52. The van der Waals surface area contributed by atoms with Crippen molar-refractivity contribution in [3.63, 3.8) is 0 Å². The van der Waals surface area contributed by atoms with Gasteiger partial charge in [0.05, 0.1) is 0 Å². The van der Waals surface area contributed by atoms with Crippen molar-refractivity contribution in [2.75, 3.05) is 0 Å². The summed E-state index contributed by atoms with van der Waals surface area (Å²) >= 11 is 0. The fraction of sp³-hybridized carbons (Fsp3) is 0.500. The standard InChI is InChI=1S/C4H6O3.Li/c1-3(5)7-4(2)6;/h1-2H3;/q;+1. The molecule has 40 valence electrons. The van der Waals surface area contributed by atoms with Crippen molar-refractivity contribution in [2.24, 2.45) is 0 Å². The molecule has 3 nitrogen and oxygen atoms in total. The molecule has 0 unspecified atom stereocenters. The van der Waals surface area contributed by atoms with Crippen LogP contribution in [0.2, 0.25) is 0 Å². The number of carbonyl (C=O) groups excluding carboxylic acids is 2. The average Bonchev–Trinajstić information content (AvgIpc) is 1.27. The van der Waals surface area contributed by atoms with E-state index in [1.54, 1.807) is 0 Å². The Morgan fingerprint density at radius 1 is 1.12 bits per heavy atom. The molecule has 0 bridgehead atoms. The molecule has 0 aliphatic heterocycles. The van der Waals surface area contributed by atoms with E-state index in [9.17, 15) is 9.59 Å². The van der Waals surface area contributed by atoms with Crippen molar-refractivity contribution >= 4 is 11.9 Å². The summed E-state index contributed by atoms with van der Waals surface area (Å²) in [7, 11) is 0. The van der Waals surface area contributed by atoms with Crippen LogP contribution in [-0.4, -0.2) is 11.9 Å². The fourth-order valence-corrected chi connectivity index (χ4v) is 0.202. The zero-order valence-electron chi connectivity index (χ0n) is 5.22. The molecular formula is C4H6LiO3+. The number of hydrogen-bond donors (Lipinski definition) is 0. The van der Waals surface area contributed by atoms with E-state index in [2.05, 4.69) is 4.74 Å². The zero-order chi connectivity index (χ0) is 5.86. The number of hydrogen-bond acceptors (Lipinski definition) is 3. The van der Waals surface area contributed by atoms with Crippen LogP contribution in [0, 0.1) is 0 Å². The summed E-state index contributed by atoms with van der Waals surface area (Å²) in [6.45, 7) is 2.36. The van der Waals surface area contributed by atoms with Gasteiger partial charge in [0.25, 0.3) is 0 Å². The number of carbonyl (C=O) groups is 2. The number of ether oxygens (including phenoxy) is 1. The van der Waals surface area contributed by atoms with Crippen LogP contribution in [0.25, 0.3) is 0 Å². The van der Waals surface area contributed by atoms with Crippen LogP contribution in [-0.2, 0) is 14.3 Å². The fourth-order valence-electron chi connectivity index (χ4n) is 0.202. The van der Waals surface area contributed by atoms with Crippen LogP contribution < -0.4 is 18.9 Å². The maximum atomic E-state index is 9.81. The van der Waals surface area contributed by atoms with Crippen LogP contribution in [0.15, 0.2) is 0 Å². The summed E-state index contributed by atoms with van der Waals surface area (Å²) in [5.41, 5.74) is 0. The van der Waals surface area contributed by atoms with Gasteiger partial charge in [0, 0.05) is 13.8 Å². The summed E-state index contributed by atoms with van der Waals surface area (Å²) in [5, 5.41) is 0. The minimum Gasteiger partial charge on any atom is -0.394 e. The van der Waals surface area contributed by atoms with Gasteiger partial charge in [-0.1, -0.05) is 0 Å². The van der Waals surface area contributed by atoms with E-state index in [0.29, 0.717) is 0 Å². The minimum atomic E-state index is -0.562. The summed E-state index contributed by atoms with van der Waals surface area (Å²) in [4.78, 5) is 19.6. The summed E-state index contributed by atoms with van der Waals surface area (Å²) < 4.78 is 3.97. The van der Waals surface area contributed by atoms with E-state index in [0.717, 1.165) is 0 Å². The van der Waals surface area contributed by atoms with Crippen molar-refractivity contribution in [1.82, 2.24) is 0 Å². The molecule has 0 spiro atoms. The van der Waals surface area contributed by atoms with Gasteiger partial charge in [-0.3, -0.25) is 9.59 Å². The quantitative estimate of drug-likeness (QED) is 0.190. The Balaban J connectivity index is 0. The molecule has 0 aliphatic rings. The molecule has 0 radical (unpaired) electrons. The number of esters is 2. The molecule has 0 saturated heterocycles. The summed E-state index contributed by atoms with van der Waals surface area (Å²) in [5.74, 6) is -1.12. The maximum absolute atomic E-state index is 9.81. The Hall–Kier alpha value is -0.263. The van der Waals surface area contributed by atoms with Crippen molar-refractivity contribution in [3.05, 3.63) is 0 Å². The van der Waals surface area contributed by atoms with E-state index in [-0.39, 0.29) is 18.9 Å². The smallest absolute Gasteiger partial charge is 0.394 e. The van der Waals surface area contributed by atoms with Gasteiger partial charge in [-0.05, 0) is 0 Å². The van der Waals surface area contributed by atoms with Gasteiger partial charge in [0.15, 0.2) is 0 Å². The van der Waals surface area contributed by atoms with Crippen LogP contribution in [0.5, 0.6) is 0 Å². The second kappa shape index (κ2) is 4.89. The topological polar surface area (TPSA) is 43.4 Å². The summed E-state index contributed by atoms with van der Waals surface area (Å²) in [6, 6.07) is 0. The van der Waals surface area contributed by atoms with Gasteiger partial charge in [0.1, 0.15) is 0 Å². The first-order chi connectivity index (χ1) is 3.13. The first kappa shape index (κ1) is 10.7. The zero-order valence-corrected chi connectivity index (χ0v) is 5.22. The first-order valence-corrected chi connectivity index (χ1v) is 1.82. The molecule has 0 aromatic carbocycles. The van der Waals surface area contributed by atoms with Gasteiger partial charge in [0.2, 0.25) is 0 Å². The van der Waals surface area contributed by atoms with E-state index >= 15 is 0 Å². The van der Waals surface area contributed by atoms with Crippen LogP contribution in [0.4, 0.5) is 0 Å². The molecule has 0 aliphatic carbocycles. The average molecular weight is 109 g/mol. The van der Waals surface area contributed by atoms with Gasteiger partial charge in [-0.2, -0.15) is 0 Å². The van der Waals surface area contributed by atoms with Gasteiger partial charge < -0.3 is 4.74 Å². The molecule has 0 saturated carbocycles. The first-order valence-electron chi connectivity index (χ1n) is 1.82. The van der Waals surface area contributed by atoms with E-state index in [1.165, 1.54) is 13.8 Å². The third kappa shape index (κ3) is 9.22. The maximum Gasteiger partial charge on any atom is 1.00 e. The summed E-state index contributed by atoms with van der Waals surface area (Å²) in [6.07, 6.45) is 0. The molecule has 0 heterocycles. The van der Waals surface area contributed by atoms with Crippen molar-refractivity contribution in [1.29, 1.82) is 0 Å². The molecule has 0 N–H and O–H groups in total. The largest absolute Gasteiger partial charge is 1.00 e. The predicted molar refractivity (Wildman–Crippen MR) is 22.4 cm³/mol. The van der Waals surface area contributed by atoms with Gasteiger partial charge in [-0.25, -0.2) is 0 Å². The van der Waals surface area contributed by atoms with E-state index < -0.39 is 11.9 Å². The SMILES string of the molecule is CC(=O)OC(C)=O.[Li+]. The van der Waals surface area contributed by atoms with Crippen LogP contribution in [0.3, 0.4) is 0 Å². The molecule has 8 heavy (non-hydrogen) atoms. The molecule has 0 fully saturated rings. The predicted octanol–water partition coefficient (Wildman–Crippen LogP) is -2.90. The third-order valence-electron chi connectivity index (χ3n) is 0.287. The third-order valence-corrected chi connectivity index (χ3v) is 0.287. The monoisotopic (exact) mass is 109 g/mol. The Morgan fingerprint density at radius 3 is 1.38 bits per heavy atom. The molecule has 0 rings (SSSR count). The Morgan fingerprint density at radius 2 is 1.38 bits per heavy atom. The normalized spacial score (nSPS) is 6.75. The second-order valence-electron chi connectivity index (χ2n) is 1.09. The molecule has 0 atom stereocenters. The van der Waals surface area contributed by atoms with Crippen molar-refractivity contribution < 1.29 is 33.2 Å². The van der Waals surface area contributed by atoms with Crippen LogP contribution >= 0.6 is 0 Å². The minimum absolute atomic E-state index is 0. The molecule has 4 heteroatoms.